The third kappa shape index (κ3) is 2.45. The molecule has 3 nitrogen and oxygen atoms in total. The van der Waals surface area contributed by atoms with Crippen LogP contribution in [0.25, 0.3) is 0 Å². The van der Waals surface area contributed by atoms with Crippen molar-refractivity contribution >= 4 is 0 Å². The maximum absolute atomic E-state index is 3.61. The molecule has 0 aliphatic carbocycles. The molecule has 4 fully saturated rings. The van der Waals surface area contributed by atoms with Gasteiger partial charge in [0.1, 0.15) is 0 Å². The highest BCUT2D eigenvalue weighted by molar-refractivity contribution is 5.06. The van der Waals surface area contributed by atoms with Gasteiger partial charge in [0.15, 0.2) is 0 Å². The zero-order chi connectivity index (χ0) is 13.4. The number of likely N-dealkylation sites (N-methyl/N-ethyl adjacent to an activating group) is 1. The lowest BCUT2D eigenvalue weighted by Gasteiger charge is -2.50. The number of nitrogens with one attached hydrogen (secondary N) is 1. The first kappa shape index (κ1) is 13.8. The number of fused-ring (bicyclic) bond motifs is 2. The van der Waals surface area contributed by atoms with Gasteiger partial charge in [-0.05, 0) is 64.2 Å². The predicted molar refractivity (Wildman–Crippen MR) is 80.4 cm³/mol. The van der Waals surface area contributed by atoms with E-state index in [1.54, 1.807) is 0 Å². The first-order valence-electron chi connectivity index (χ1n) is 8.46. The summed E-state index contributed by atoms with van der Waals surface area (Å²) in [6, 6.07) is 2.32. The van der Waals surface area contributed by atoms with E-state index in [4.69, 9.17) is 0 Å². The summed E-state index contributed by atoms with van der Waals surface area (Å²) in [6.45, 7) is 13.4. The van der Waals surface area contributed by atoms with Crippen LogP contribution in [0.2, 0.25) is 0 Å². The van der Waals surface area contributed by atoms with Gasteiger partial charge in [-0.3, -0.25) is 9.80 Å². The smallest absolute Gasteiger partial charge is 0.0295 e. The molecular formula is C16H31N3. The highest BCUT2D eigenvalue weighted by atomic mass is 15.3. The van der Waals surface area contributed by atoms with Crippen LogP contribution in [0.4, 0.5) is 0 Å². The number of likely N-dealkylation sites (tertiary alicyclic amines) is 1. The first-order valence-corrected chi connectivity index (χ1v) is 8.46. The second-order valence-corrected chi connectivity index (χ2v) is 6.88. The lowest BCUT2D eigenvalue weighted by molar-refractivity contribution is 0.00126. The third-order valence-electron chi connectivity index (χ3n) is 5.90. The molecule has 0 aromatic rings. The van der Waals surface area contributed by atoms with Crippen LogP contribution < -0.4 is 5.32 Å². The predicted octanol–water partition coefficient (Wildman–Crippen LogP) is 1.79. The summed E-state index contributed by atoms with van der Waals surface area (Å²) in [4.78, 5) is 5.60. The lowest BCUT2D eigenvalue weighted by Crippen LogP contribution is -2.57. The van der Waals surface area contributed by atoms with Crippen LogP contribution in [0, 0.1) is 11.8 Å². The fourth-order valence-corrected chi connectivity index (χ4v) is 5.05. The Labute approximate surface area is 118 Å². The minimum Gasteiger partial charge on any atom is -0.314 e. The Balaban J connectivity index is 1.73. The van der Waals surface area contributed by atoms with E-state index >= 15 is 0 Å². The quantitative estimate of drug-likeness (QED) is 0.817. The van der Waals surface area contributed by atoms with Crippen molar-refractivity contribution in [3.8, 4) is 0 Å². The fraction of sp³-hybridized carbons (Fsp3) is 1.00. The molecule has 0 amide bonds. The Hall–Kier alpha value is -0.120. The first-order chi connectivity index (χ1) is 9.24. The Kier molecular flexibility index (Phi) is 4.16. The van der Waals surface area contributed by atoms with Crippen molar-refractivity contribution in [2.45, 2.75) is 58.2 Å². The molecule has 0 spiro atoms. The molecule has 4 unspecified atom stereocenters. The number of hydrogen-bond acceptors (Lipinski definition) is 3. The molecule has 0 aromatic heterocycles. The standard InChI is InChI=1S/C16H31N3/c1-4-17-12(3)10-15-16-14(11-18(15)5-2)13-6-8-19(16)9-7-13/h12-17H,4-11H2,1-3H3. The van der Waals surface area contributed by atoms with Crippen molar-refractivity contribution in [2.75, 3.05) is 32.7 Å². The van der Waals surface area contributed by atoms with Crippen LogP contribution in [0.3, 0.4) is 0 Å². The molecule has 2 bridgehead atoms. The summed E-state index contributed by atoms with van der Waals surface area (Å²) >= 11 is 0. The Morgan fingerprint density at radius 2 is 1.95 bits per heavy atom. The highest BCUT2D eigenvalue weighted by Gasteiger charge is 2.51. The van der Waals surface area contributed by atoms with Crippen LogP contribution in [0.5, 0.6) is 0 Å². The van der Waals surface area contributed by atoms with Gasteiger partial charge < -0.3 is 5.32 Å². The van der Waals surface area contributed by atoms with Gasteiger partial charge in [-0.2, -0.15) is 0 Å². The molecule has 19 heavy (non-hydrogen) atoms. The Bertz CT molecular complexity index is 298. The molecular weight excluding hydrogens is 234 g/mol. The fourth-order valence-electron chi connectivity index (χ4n) is 5.05. The van der Waals surface area contributed by atoms with Crippen LogP contribution in [-0.2, 0) is 0 Å². The van der Waals surface area contributed by atoms with E-state index in [1.807, 2.05) is 0 Å². The van der Waals surface area contributed by atoms with Gasteiger partial charge in [0.05, 0.1) is 0 Å². The molecule has 4 aliphatic rings. The van der Waals surface area contributed by atoms with Gasteiger partial charge in [0.25, 0.3) is 0 Å². The van der Waals surface area contributed by atoms with Crippen molar-refractivity contribution in [1.29, 1.82) is 0 Å². The van der Waals surface area contributed by atoms with E-state index in [1.165, 1.54) is 45.4 Å². The molecule has 4 rings (SSSR count). The molecule has 4 atom stereocenters. The van der Waals surface area contributed by atoms with Crippen molar-refractivity contribution < 1.29 is 0 Å². The van der Waals surface area contributed by atoms with Crippen LogP contribution >= 0.6 is 0 Å². The minimum absolute atomic E-state index is 0.657. The van der Waals surface area contributed by atoms with E-state index in [0.717, 1.165) is 30.5 Å². The Morgan fingerprint density at radius 1 is 1.21 bits per heavy atom. The van der Waals surface area contributed by atoms with Crippen LogP contribution in [0.1, 0.15) is 40.0 Å². The lowest BCUT2D eigenvalue weighted by atomic mass is 9.73. The van der Waals surface area contributed by atoms with E-state index < -0.39 is 0 Å². The highest BCUT2D eigenvalue weighted by Crippen LogP contribution is 2.44. The largest absolute Gasteiger partial charge is 0.314 e. The molecule has 3 heteroatoms. The van der Waals surface area contributed by atoms with E-state index in [9.17, 15) is 0 Å². The SMILES string of the molecule is CCNC(C)CC1C2C(CN1CC)C1CCN2CC1. The zero-order valence-corrected chi connectivity index (χ0v) is 12.9. The monoisotopic (exact) mass is 265 g/mol. The normalized spacial score (nSPS) is 43.4. The number of piperidine rings is 3. The summed E-state index contributed by atoms with van der Waals surface area (Å²) in [7, 11) is 0. The average molecular weight is 265 g/mol. The molecule has 0 aromatic carbocycles. The van der Waals surface area contributed by atoms with Gasteiger partial charge in [-0.25, -0.2) is 0 Å². The number of rotatable bonds is 5. The molecule has 4 aliphatic heterocycles. The maximum atomic E-state index is 3.61. The average Bonchev–Trinajstić information content (AvgIpc) is 2.81. The summed E-state index contributed by atoms with van der Waals surface area (Å²) in [5.74, 6) is 2.00. The molecule has 4 heterocycles. The number of nitrogens with zero attached hydrogens (tertiary/aromatic N) is 2. The van der Waals surface area contributed by atoms with E-state index in [-0.39, 0.29) is 0 Å². The molecule has 0 saturated carbocycles. The van der Waals surface area contributed by atoms with Gasteiger partial charge in [0.2, 0.25) is 0 Å². The maximum Gasteiger partial charge on any atom is 0.0295 e. The molecule has 1 N–H and O–H groups in total. The van der Waals surface area contributed by atoms with Crippen molar-refractivity contribution in [1.82, 2.24) is 15.1 Å². The van der Waals surface area contributed by atoms with E-state index in [0.29, 0.717) is 6.04 Å². The Morgan fingerprint density at radius 3 is 2.58 bits per heavy atom. The summed E-state index contributed by atoms with van der Waals surface area (Å²) in [5.41, 5.74) is 0. The van der Waals surface area contributed by atoms with E-state index in [2.05, 4.69) is 35.9 Å². The second kappa shape index (κ2) is 5.71. The summed E-state index contributed by atoms with van der Waals surface area (Å²) in [6.07, 6.45) is 4.26. The minimum atomic E-state index is 0.657. The zero-order valence-electron chi connectivity index (χ0n) is 12.9. The summed E-state index contributed by atoms with van der Waals surface area (Å²) in [5, 5.41) is 3.61. The van der Waals surface area contributed by atoms with Gasteiger partial charge in [-0.1, -0.05) is 13.8 Å². The van der Waals surface area contributed by atoms with Gasteiger partial charge in [0, 0.05) is 24.7 Å². The molecule has 0 radical (unpaired) electrons. The third-order valence-corrected chi connectivity index (χ3v) is 5.90. The second-order valence-electron chi connectivity index (χ2n) is 6.88. The van der Waals surface area contributed by atoms with Gasteiger partial charge >= 0.3 is 0 Å². The van der Waals surface area contributed by atoms with Crippen LogP contribution in [-0.4, -0.2) is 60.6 Å². The molecule has 4 saturated heterocycles. The number of hydrogen-bond donors (Lipinski definition) is 1. The van der Waals surface area contributed by atoms with Gasteiger partial charge in [-0.15, -0.1) is 0 Å². The summed E-state index contributed by atoms with van der Waals surface area (Å²) < 4.78 is 0. The van der Waals surface area contributed by atoms with Crippen molar-refractivity contribution in [3.05, 3.63) is 0 Å². The molecule has 110 valence electrons. The van der Waals surface area contributed by atoms with Crippen LogP contribution in [0.15, 0.2) is 0 Å². The van der Waals surface area contributed by atoms with Crippen molar-refractivity contribution in [2.24, 2.45) is 11.8 Å². The topological polar surface area (TPSA) is 18.5 Å². The van der Waals surface area contributed by atoms with Crippen molar-refractivity contribution in [3.63, 3.8) is 0 Å².